The van der Waals surface area contributed by atoms with E-state index in [1.165, 1.54) is 0 Å². The van der Waals surface area contributed by atoms with Gasteiger partial charge in [0, 0.05) is 15.1 Å². The minimum atomic E-state index is -0.354. The van der Waals surface area contributed by atoms with Gasteiger partial charge in [-0.15, -0.1) is 0 Å². The summed E-state index contributed by atoms with van der Waals surface area (Å²) in [6.07, 6.45) is 1.64. The predicted molar refractivity (Wildman–Crippen MR) is 96.0 cm³/mol. The number of aromatic nitrogens is 2. The summed E-state index contributed by atoms with van der Waals surface area (Å²) in [6.45, 7) is 1.60. The Labute approximate surface area is 148 Å². The molecule has 0 aliphatic carbocycles. The van der Waals surface area contributed by atoms with Crippen LogP contribution in [0.15, 0.2) is 24.4 Å². The Morgan fingerprint density at radius 2 is 2.10 bits per heavy atom. The molecule has 1 heterocycles. The van der Waals surface area contributed by atoms with E-state index in [1.54, 1.807) is 6.20 Å². The van der Waals surface area contributed by atoms with Crippen LogP contribution >= 0.6 is 45.8 Å². The lowest BCUT2D eigenvalue weighted by Crippen LogP contribution is -2.24. The van der Waals surface area contributed by atoms with Gasteiger partial charge in [-0.3, -0.25) is 4.68 Å². The van der Waals surface area contributed by atoms with Crippen LogP contribution in [0, 0.1) is 3.57 Å². The Kier molecular flexibility index (Phi) is 5.90. The molecule has 0 aliphatic rings. The molecule has 1 unspecified atom stereocenters. The van der Waals surface area contributed by atoms with Crippen LogP contribution in [-0.4, -0.2) is 35.3 Å². The van der Waals surface area contributed by atoms with Crippen molar-refractivity contribution in [1.29, 1.82) is 0 Å². The van der Waals surface area contributed by atoms with Crippen molar-refractivity contribution in [2.75, 3.05) is 20.6 Å². The van der Waals surface area contributed by atoms with E-state index in [9.17, 15) is 0 Å². The molecular weight excluding hydrogens is 422 g/mol. The van der Waals surface area contributed by atoms with E-state index in [1.807, 2.05) is 37.0 Å². The first-order valence-corrected chi connectivity index (χ1v) is 8.30. The van der Waals surface area contributed by atoms with Crippen LogP contribution in [0.5, 0.6) is 0 Å². The van der Waals surface area contributed by atoms with Crippen molar-refractivity contribution >= 4 is 45.8 Å². The summed E-state index contributed by atoms with van der Waals surface area (Å²) >= 11 is 14.6. The standard InChI is InChI=1S/C14H17Cl2IN4/c1-20(2)5-6-21-14(11(16)8-19-21)13(18)10-7-9(15)3-4-12(10)17/h3-4,7-8,13H,5-6,18H2,1-2H3. The predicted octanol–water partition coefficient (Wildman–Crippen LogP) is 3.40. The number of likely N-dealkylation sites (N-methyl/N-ethyl adjacent to an activating group) is 1. The number of rotatable bonds is 5. The molecule has 7 heteroatoms. The molecule has 0 saturated heterocycles. The molecule has 1 atom stereocenters. The fourth-order valence-electron chi connectivity index (χ4n) is 2.05. The number of benzene rings is 1. The second-order valence-corrected chi connectivity index (χ2v) is 7.05. The zero-order valence-electron chi connectivity index (χ0n) is 11.9. The minimum absolute atomic E-state index is 0.354. The van der Waals surface area contributed by atoms with Crippen molar-refractivity contribution in [2.45, 2.75) is 12.6 Å². The van der Waals surface area contributed by atoms with E-state index >= 15 is 0 Å². The van der Waals surface area contributed by atoms with Gasteiger partial charge in [-0.05, 0) is 60.4 Å². The van der Waals surface area contributed by atoms with Gasteiger partial charge in [-0.25, -0.2) is 0 Å². The van der Waals surface area contributed by atoms with Crippen LogP contribution in [0.3, 0.4) is 0 Å². The number of hydrogen-bond acceptors (Lipinski definition) is 3. The van der Waals surface area contributed by atoms with Gasteiger partial charge in [0.15, 0.2) is 0 Å². The lowest BCUT2D eigenvalue weighted by atomic mass is 10.0. The summed E-state index contributed by atoms with van der Waals surface area (Å²) in [5.74, 6) is 0. The zero-order chi connectivity index (χ0) is 15.6. The van der Waals surface area contributed by atoms with E-state index in [2.05, 4.69) is 32.6 Å². The van der Waals surface area contributed by atoms with Crippen LogP contribution in [0.25, 0.3) is 0 Å². The smallest absolute Gasteiger partial charge is 0.0837 e. The van der Waals surface area contributed by atoms with Crippen molar-refractivity contribution in [3.63, 3.8) is 0 Å². The van der Waals surface area contributed by atoms with E-state index in [0.29, 0.717) is 10.0 Å². The number of halogens is 3. The van der Waals surface area contributed by atoms with Gasteiger partial charge in [0.2, 0.25) is 0 Å². The SMILES string of the molecule is CN(C)CCn1ncc(Cl)c1C(N)c1cc(Cl)ccc1I. The molecule has 2 aromatic rings. The first-order chi connectivity index (χ1) is 9.90. The quantitative estimate of drug-likeness (QED) is 0.727. The molecular formula is C14H17Cl2IN4. The molecule has 0 spiro atoms. The van der Waals surface area contributed by atoms with Gasteiger partial charge in [-0.1, -0.05) is 23.2 Å². The number of hydrogen-bond donors (Lipinski definition) is 1. The first-order valence-electron chi connectivity index (χ1n) is 6.46. The van der Waals surface area contributed by atoms with Crippen LogP contribution in [0.1, 0.15) is 17.3 Å². The van der Waals surface area contributed by atoms with E-state index < -0.39 is 0 Å². The molecule has 21 heavy (non-hydrogen) atoms. The third-order valence-electron chi connectivity index (χ3n) is 3.18. The summed E-state index contributed by atoms with van der Waals surface area (Å²) in [4.78, 5) is 2.09. The number of nitrogens with zero attached hydrogens (tertiary/aromatic N) is 3. The molecule has 1 aromatic heterocycles. The van der Waals surface area contributed by atoms with Gasteiger partial charge in [0.1, 0.15) is 0 Å². The summed E-state index contributed by atoms with van der Waals surface area (Å²) in [5.41, 5.74) is 8.19. The molecule has 0 aliphatic heterocycles. The van der Waals surface area contributed by atoms with Gasteiger partial charge >= 0.3 is 0 Å². The molecule has 0 bridgehead atoms. The molecule has 0 amide bonds. The zero-order valence-corrected chi connectivity index (χ0v) is 15.5. The highest BCUT2D eigenvalue weighted by molar-refractivity contribution is 14.1. The first kappa shape index (κ1) is 17.0. The van der Waals surface area contributed by atoms with Gasteiger partial charge in [-0.2, -0.15) is 5.10 Å². The van der Waals surface area contributed by atoms with Crippen molar-refractivity contribution in [3.8, 4) is 0 Å². The Morgan fingerprint density at radius 3 is 2.76 bits per heavy atom. The van der Waals surface area contributed by atoms with Crippen LogP contribution in [0.2, 0.25) is 10.0 Å². The van der Waals surface area contributed by atoms with E-state index in [-0.39, 0.29) is 6.04 Å². The second-order valence-electron chi connectivity index (χ2n) is 5.05. The third kappa shape index (κ3) is 4.10. The maximum absolute atomic E-state index is 6.42. The largest absolute Gasteiger partial charge is 0.319 e. The summed E-state index contributed by atoms with van der Waals surface area (Å²) < 4.78 is 2.92. The van der Waals surface area contributed by atoms with Gasteiger partial charge in [0.25, 0.3) is 0 Å². The fourth-order valence-corrected chi connectivity index (χ4v) is 3.16. The molecule has 2 N–H and O–H groups in total. The molecule has 114 valence electrons. The topological polar surface area (TPSA) is 47.1 Å². The Bertz CT molecular complexity index is 627. The van der Waals surface area contributed by atoms with Crippen LogP contribution in [0.4, 0.5) is 0 Å². The van der Waals surface area contributed by atoms with Gasteiger partial charge < -0.3 is 10.6 Å². The van der Waals surface area contributed by atoms with Crippen LogP contribution in [-0.2, 0) is 6.54 Å². The number of nitrogens with two attached hydrogens (primary N) is 1. The highest BCUT2D eigenvalue weighted by atomic mass is 127. The average molecular weight is 439 g/mol. The van der Waals surface area contributed by atoms with E-state index in [4.69, 9.17) is 28.9 Å². The van der Waals surface area contributed by atoms with Gasteiger partial charge in [0.05, 0.1) is 29.5 Å². The molecule has 0 fully saturated rings. The van der Waals surface area contributed by atoms with E-state index in [0.717, 1.165) is 27.9 Å². The Hall–Kier alpha value is -0.340. The molecule has 2 rings (SSSR count). The molecule has 0 radical (unpaired) electrons. The fraction of sp³-hybridized carbons (Fsp3) is 0.357. The molecule has 4 nitrogen and oxygen atoms in total. The average Bonchev–Trinajstić information content (AvgIpc) is 2.79. The van der Waals surface area contributed by atoms with Crippen molar-refractivity contribution in [1.82, 2.24) is 14.7 Å². The molecule has 1 aromatic carbocycles. The highest BCUT2D eigenvalue weighted by Gasteiger charge is 2.20. The minimum Gasteiger partial charge on any atom is -0.319 e. The maximum Gasteiger partial charge on any atom is 0.0837 e. The van der Waals surface area contributed by atoms with Crippen molar-refractivity contribution in [3.05, 3.63) is 49.3 Å². The maximum atomic E-state index is 6.42. The summed E-state index contributed by atoms with van der Waals surface area (Å²) in [7, 11) is 4.04. The Balaban J connectivity index is 2.36. The molecule has 0 saturated carbocycles. The van der Waals surface area contributed by atoms with Crippen LogP contribution < -0.4 is 5.73 Å². The summed E-state index contributed by atoms with van der Waals surface area (Å²) in [6, 6.07) is 5.33. The third-order valence-corrected chi connectivity index (χ3v) is 4.69. The van der Waals surface area contributed by atoms with Crippen molar-refractivity contribution < 1.29 is 0 Å². The second kappa shape index (κ2) is 7.28. The highest BCUT2D eigenvalue weighted by Crippen LogP contribution is 2.30. The Morgan fingerprint density at radius 1 is 1.38 bits per heavy atom. The lowest BCUT2D eigenvalue weighted by molar-refractivity contribution is 0.368. The lowest BCUT2D eigenvalue weighted by Gasteiger charge is -2.18. The summed E-state index contributed by atoms with van der Waals surface area (Å²) in [5, 5.41) is 5.57. The normalized spacial score (nSPS) is 12.9. The van der Waals surface area contributed by atoms with Crippen molar-refractivity contribution in [2.24, 2.45) is 5.73 Å². The monoisotopic (exact) mass is 438 g/mol.